The summed E-state index contributed by atoms with van der Waals surface area (Å²) in [6.07, 6.45) is 2.37. The third-order valence-electron chi connectivity index (χ3n) is 3.65. The molecule has 2 rings (SSSR count). The van der Waals surface area contributed by atoms with Gasteiger partial charge >= 0.3 is 0 Å². The van der Waals surface area contributed by atoms with Crippen LogP contribution in [0.3, 0.4) is 0 Å². The molecule has 0 aliphatic heterocycles. The van der Waals surface area contributed by atoms with Gasteiger partial charge in [0.15, 0.2) is 23.9 Å². The Morgan fingerprint density at radius 1 is 1.33 bits per heavy atom. The van der Waals surface area contributed by atoms with Crippen molar-refractivity contribution in [3.8, 4) is 11.5 Å². The molecule has 1 fully saturated rings. The normalized spacial score (nSPS) is 15.2. The van der Waals surface area contributed by atoms with Gasteiger partial charge in [0.25, 0.3) is 5.91 Å². The van der Waals surface area contributed by atoms with Gasteiger partial charge in [-0.3, -0.25) is 9.59 Å². The maximum Gasteiger partial charge on any atom is 0.258 e. The summed E-state index contributed by atoms with van der Waals surface area (Å²) in [7, 11) is 1.50. The average Bonchev–Trinajstić information content (AvgIpc) is 3.29. The van der Waals surface area contributed by atoms with Crippen molar-refractivity contribution in [3.05, 3.63) is 23.8 Å². The molecule has 1 N–H and O–H groups in total. The van der Waals surface area contributed by atoms with E-state index in [1.807, 2.05) is 6.92 Å². The fourth-order valence-corrected chi connectivity index (χ4v) is 2.16. The lowest BCUT2D eigenvalue weighted by Gasteiger charge is -2.14. The first-order chi connectivity index (χ1) is 10.0. The molecule has 1 atom stereocenters. The molecule has 0 heterocycles. The van der Waals surface area contributed by atoms with E-state index in [4.69, 9.17) is 9.47 Å². The van der Waals surface area contributed by atoms with Crippen molar-refractivity contribution in [2.75, 3.05) is 13.7 Å². The van der Waals surface area contributed by atoms with Gasteiger partial charge in [-0.05, 0) is 50.8 Å². The van der Waals surface area contributed by atoms with Gasteiger partial charge < -0.3 is 14.8 Å². The second kappa shape index (κ2) is 6.61. The largest absolute Gasteiger partial charge is 0.493 e. The van der Waals surface area contributed by atoms with Crippen LogP contribution in [0.15, 0.2) is 18.2 Å². The molecule has 5 heteroatoms. The van der Waals surface area contributed by atoms with Crippen LogP contribution in [0.25, 0.3) is 0 Å². The molecular formula is C16H21NO4. The van der Waals surface area contributed by atoms with E-state index in [0.717, 1.165) is 0 Å². The number of carbonyl (C=O) groups excluding carboxylic acids is 2. The first-order valence-electron chi connectivity index (χ1n) is 7.12. The third-order valence-corrected chi connectivity index (χ3v) is 3.65. The number of hydrogen-bond donors (Lipinski definition) is 1. The van der Waals surface area contributed by atoms with Crippen LogP contribution in [-0.2, 0) is 4.79 Å². The number of amides is 1. The maximum atomic E-state index is 11.8. The van der Waals surface area contributed by atoms with Crippen LogP contribution in [0.1, 0.15) is 37.0 Å². The number of carbonyl (C=O) groups is 2. The van der Waals surface area contributed by atoms with Crippen LogP contribution in [0.5, 0.6) is 11.5 Å². The summed E-state index contributed by atoms with van der Waals surface area (Å²) < 4.78 is 10.7. The molecule has 1 aromatic rings. The van der Waals surface area contributed by atoms with Crippen LogP contribution >= 0.6 is 0 Å². The molecule has 114 valence electrons. The Morgan fingerprint density at radius 3 is 2.62 bits per heavy atom. The predicted octanol–water partition coefficient (Wildman–Crippen LogP) is 2.19. The van der Waals surface area contributed by atoms with Gasteiger partial charge in [-0.25, -0.2) is 0 Å². The van der Waals surface area contributed by atoms with Gasteiger partial charge in [0.2, 0.25) is 0 Å². The van der Waals surface area contributed by atoms with E-state index in [-0.39, 0.29) is 24.3 Å². The monoisotopic (exact) mass is 291 g/mol. The van der Waals surface area contributed by atoms with E-state index in [1.165, 1.54) is 26.9 Å². The van der Waals surface area contributed by atoms with Crippen LogP contribution in [0.2, 0.25) is 0 Å². The number of ether oxygens (including phenoxy) is 2. The molecule has 0 radical (unpaired) electrons. The smallest absolute Gasteiger partial charge is 0.258 e. The van der Waals surface area contributed by atoms with E-state index in [0.29, 0.717) is 23.0 Å². The average molecular weight is 291 g/mol. The van der Waals surface area contributed by atoms with Crippen molar-refractivity contribution in [1.29, 1.82) is 0 Å². The van der Waals surface area contributed by atoms with E-state index >= 15 is 0 Å². The second-order valence-electron chi connectivity index (χ2n) is 5.40. The molecule has 5 nitrogen and oxygen atoms in total. The zero-order valence-corrected chi connectivity index (χ0v) is 12.6. The number of hydrogen-bond acceptors (Lipinski definition) is 4. The van der Waals surface area contributed by atoms with E-state index < -0.39 is 0 Å². The second-order valence-corrected chi connectivity index (χ2v) is 5.40. The number of methoxy groups -OCH3 is 1. The van der Waals surface area contributed by atoms with Gasteiger partial charge in [-0.1, -0.05) is 0 Å². The highest BCUT2D eigenvalue weighted by Crippen LogP contribution is 2.32. The fourth-order valence-electron chi connectivity index (χ4n) is 2.16. The molecular weight excluding hydrogens is 270 g/mol. The van der Waals surface area contributed by atoms with Crippen LogP contribution in [-0.4, -0.2) is 31.4 Å². The van der Waals surface area contributed by atoms with Crippen molar-refractivity contribution in [2.24, 2.45) is 5.92 Å². The summed E-state index contributed by atoms with van der Waals surface area (Å²) in [5.74, 6) is 1.32. The minimum Gasteiger partial charge on any atom is -0.493 e. The molecule has 1 aliphatic rings. The zero-order valence-electron chi connectivity index (χ0n) is 12.6. The summed E-state index contributed by atoms with van der Waals surface area (Å²) in [6, 6.07) is 5.11. The van der Waals surface area contributed by atoms with Crippen LogP contribution in [0.4, 0.5) is 0 Å². The lowest BCUT2D eigenvalue weighted by Crippen LogP contribution is -2.37. The van der Waals surface area contributed by atoms with E-state index in [9.17, 15) is 9.59 Å². The molecule has 1 saturated carbocycles. The Bertz CT molecular complexity index is 537. The zero-order chi connectivity index (χ0) is 15.4. The molecule has 1 amide bonds. The van der Waals surface area contributed by atoms with Crippen molar-refractivity contribution in [1.82, 2.24) is 5.32 Å². The Hall–Kier alpha value is -2.04. The highest BCUT2D eigenvalue weighted by molar-refractivity contribution is 5.94. The van der Waals surface area contributed by atoms with E-state index in [2.05, 4.69) is 5.32 Å². The first-order valence-corrected chi connectivity index (χ1v) is 7.12. The number of nitrogens with one attached hydrogen (secondary N) is 1. The highest BCUT2D eigenvalue weighted by atomic mass is 16.5. The molecule has 0 aromatic heterocycles. The lowest BCUT2D eigenvalue weighted by atomic mass is 10.1. The Balaban J connectivity index is 1.92. The SMILES string of the molecule is COc1cc(C(C)=O)ccc1OCC(=O)N[C@H](C)C1CC1. The Labute approximate surface area is 124 Å². The minimum absolute atomic E-state index is 0.0455. The number of rotatable bonds is 7. The topological polar surface area (TPSA) is 64.6 Å². The molecule has 0 bridgehead atoms. The van der Waals surface area contributed by atoms with Gasteiger partial charge in [0, 0.05) is 11.6 Å². The van der Waals surface area contributed by atoms with Crippen molar-refractivity contribution >= 4 is 11.7 Å². The predicted molar refractivity (Wildman–Crippen MR) is 78.8 cm³/mol. The molecule has 1 aromatic carbocycles. The summed E-state index contributed by atoms with van der Waals surface area (Å²) >= 11 is 0. The van der Waals surface area contributed by atoms with Crippen molar-refractivity contribution in [3.63, 3.8) is 0 Å². The highest BCUT2D eigenvalue weighted by Gasteiger charge is 2.28. The van der Waals surface area contributed by atoms with Gasteiger partial charge in [0.05, 0.1) is 7.11 Å². The Morgan fingerprint density at radius 2 is 2.05 bits per heavy atom. The minimum atomic E-state index is -0.146. The summed E-state index contributed by atoms with van der Waals surface area (Å²) in [5.41, 5.74) is 0.547. The van der Waals surface area contributed by atoms with Gasteiger partial charge in [-0.2, -0.15) is 0 Å². The van der Waals surface area contributed by atoms with E-state index in [1.54, 1.807) is 18.2 Å². The van der Waals surface area contributed by atoms with Crippen molar-refractivity contribution < 1.29 is 19.1 Å². The van der Waals surface area contributed by atoms with Crippen LogP contribution in [0, 0.1) is 5.92 Å². The lowest BCUT2D eigenvalue weighted by molar-refractivity contribution is -0.123. The fraction of sp³-hybridized carbons (Fsp3) is 0.500. The van der Waals surface area contributed by atoms with Gasteiger partial charge in [-0.15, -0.1) is 0 Å². The summed E-state index contributed by atoms with van der Waals surface area (Å²) in [4.78, 5) is 23.1. The maximum absolute atomic E-state index is 11.8. The summed E-state index contributed by atoms with van der Waals surface area (Å²) in [6.45, 7) is 3.44. The van der Waals surface area contributed by atoms with Crippen molar-refractivity contribution in [2.45, 2.75) is 32.7 Å². The molecule has 0 unspecified atom stereocenters. The molecule has 0 spiro atoms. The van der Waals surface area contributed by atoms with Crippen LogP contribution < -0.4 is 14.8 Å². The number of ketones is 1. The molecule has 1 aliphatic carbocycles. The first kappa shape index (κ1) is 15.4. The summed E-state index contributed by atoms with van der Waals surface area (Å²) in [5, 5.41) is 2.92. The van der Waals surface area contributed by atoms with Gasteiger partial charge in [0.1, 0.15) is 0 Å². The number of benzene rings is 1. The quantitative estimate of drug-likeness (QED) is 0.782. The number of Topliss-reactive ketones (excluding diaryl/α,β-unsaturated/α-hetero) is 1. The Kier molecular flexibility index (Phi) is 4.83. The molecule has 21 heavy (non-hydrogen) atoms. The molecule has 0 saturated heterocycles. The third kappa shape index (κ3) is 4.21. The standard InChI is InChI=1S/C16H21NO4/c1-10(12-4-5-12)17-16(19)9-21-14-7-6-13(11(2)18)8-15(14)20-3/h6-8,10,12H,4-5,9H2,1-3H3,(H,17,19)/t10-/m1/s1.